The van der Waals surface area contributed by atoms with Gasteiger partial charge in [-0.05, 0) is 39.0 Å². The van der Waals surface area contributed by atoms with Crippen LogP contribution in [0.4, 0.5) is 0 Å². The molecule has 0 heterocycles. The van der Waals surface area contributed by atoms with Crippen LogP contribution in [0.5, 0.6) is 0 Å². The van der Waals surface area contributed by atoms with E-state index in [1.165, 1.54) is 18.4 Å². The highest BCUT2D eigenvalue weighted by Crippen LogP contribution is 2.10. The Hall–Kier alpha value is -1.04. The summed E-state index contributed by atoms with van der Waals surface area (Å²) in [7, 11) is 0. The van der Waals surface area contributed by atoms with Crippen LogP contribution in [-0.4, -0.2) is 0 Å². The smallest absolute Gasteiger partial charge is 0.0103 e. The maximum atomic E-state index is 3.88. The summed E-state index contributed by atoms with van der Waals surface area (Å²) in [6, 6.07) is 0. The van der Waals surface area contributed by atoms with E-state index in [0.29, 0.717) is 5.92 Å². The zero-order valence-electron chi connectivity index (χ0n) is 10.4. The molecule has 84 valence electrons. The number of hydrogen-bond acceptors (Lipinski definition) is 0. The van der Waals surface area contributed by atoms with Crippen LogP contribution < -0.4 is 0 Å². The molecule has 0 aromatic heterocycles. The van der Waals surface area contributed by atoms with Gasteiger partial charge in [0.15, 0.2) is 0 Å². The average molecular weight is 204 g/mol. The van der Waals surface area contributed by atoms with E-state index in [1.807, 2.05) is 6.08 Å². The van der Waals surface area contributed by atoms with Gasteiger partial charge < -0.3 is 0 Å². The molecule has 0 radical (unpaired) electrons. The third-order valence-corrected chi connectivity index (χ3v) is 2.31. The molecule has 0 aliphatic heterocycles. The molecule has 0 aliphatic carbocycles. The summed E-state index contributed by atoms with van der Waals surface area (Å²) in [5.74, 6) is 0.651. The van der Waals surface area contributed by atoms with E-state index in [-0.39, 0.29) is 0 Å². The van der Waals surface area contributed by atoms with Gasteiger partial charge in [0.05, 0.1) is 0 Å². The van der Waals surface area contributed by atoms with Gasteiger partial charge in [0.25, 0.3) is 0 Å². The molecule has 15 heavy (non-hydrogen) atoms. The van der Waals surface area contributed by atoms with Gasteiger partial charge in [-0.2, -0.15) is 0 Å². The van der Waals surface area contributed by atoms with Crippen molar-refractivity contribution >= 4 is 0 Å². The second kappa shape index (κ2) is 8.28. The first kappa shape index (κ1) is 14.0. The van der Waals surface area contributed by atoms with Crippen LogP contribution in [0.15, 0.2) is 48.6 Å². The third-order valence-electron chi connectivity index (χ3n) is 2.31. The predicted octanol–water partition coefficient (Wildman–Crippen LogP) is 5.06. The van der Waals surface area contributed by atoms with E-state index in [2.05, 4.69) is 52.2 Å². The Morgan fingerprint density at radius 2 is 2.00 bits per heavy atom. The Morgan fingerprint density at radius 3 is 2.53 bits per heavy atom. The Labute approximate surface area is 95.1 Å². The molecule has 0 rings (SSSR count). The maximum absolute atomic E-state index is 3.88. The Balaban J connectivity index is 3.73. The molecule has 0 aromatic rings. The first-order chi connectivity index (χ1) is 7.06. The van der Waals surface area contributed by atoms with E-state index in [9.17, 15) is 0 Å². The van der Waals surface area contributed by atoms with Crippen molar-refractivity contribution in [1.29, 1.82) is 0 Å². The monoisotopic (exact) mass is 204 g/mol. The number of rotatable bonds is 7. The summed E-state index contributed by atoms with van der Waals surface area (Å²) in [6.45, 7) is 14.1. The third kappa shape index (κ3) is 9.27. The standard InChI is InChI=1S/C15H24/c1-6-14(4)10-8-12-15(5)11-7-9-13(2)3/h6,8-9,12,15H,1,4,7,10-11H2,2-3,5H3/b12-8+. The van der Waals surface area contributed by atoms with Gasteiger partial charge in [-0.1, -0.05) is 55.5 Å². The SMILES string of the molecule is C=CC(=C)C/C=C/C(C)CCC=C(C)C. The van der Waals surface area contributed by atoms with Gasteiger partial charge in [0, 0.05) is 0 Å². The fraction of sp³-hybridized carbons (Fsp3) is 0.467. The zero-order valence-corrected chi connectivity index (χ0v) is 10.4. The van der Waals surface area contributed by atoms with Crippen LogP contribution >= 0.6 is 0 Å². The fourth-order valence-electron chi connectivity index (χ4n) is 1.27. The van der Waals surface area contributed by atoms with Crippen molar-refractivity contribution < 1.29 is 0 Å². The molecular formula is C15H24. The zero-order chi connectivity index (χ0) is 11.7. The maximum Gasteiger partial charge on any atom is -0.0103 e. The summed E-state index contributed by atoms with van der Waals surface area (Å²) in [5.41, 5.74) is 2.49. The lowest BCUT2D eigenvalue weighted by molar-refractivity contribution is 0.655. The lowest BCUT2D eigenvalue weighted by atomic mass is 10.0. The van der Waals surface area contributed by atoms with Crippen LogP contribution in [0.1, 0.15) is 40.0 Å². The van der Waals surface area contributed by atoms with Crippen LogP contribution in [0.3, 0.4) is 0 Å². The van der Waals surface area contributed by atoms with E-state index < -0.39 is 0 Å². The van der Waals surface area contributed by atoms with E-state index in [4.69, 9.17) is 0 Å². The fourth-order valence-corrected chi connectivity index (χ4v) is 1.27. The highest BCUT2D eigenvalue weighted by Gasteiger charge is 1.94. The van der Waals surface area contributed by atoms with E-state index >= 15 is 0 Å². The molecule has 0 bridgehead atoms. The van der Waals surface area contributed by atoms with Crippen LogP contribution in [-0.2, 0) is 0 Å². The molecule has 0 aromatic carbocycles. The molecule has 0 amide bonds. The Kier molecular flexibility index (Phi) is 7.71. The molecule has 1 unspecified atom stereocenters. The van der Waals surface area contributed by atoms with Gasteiger partial charge in [-0.25, -0.2) is 0 Å². The molecular weight excluding hydrogens is 180 g/mol. The highest BCUT2D eigenvalue weighted by atomic mass is 14.0. The Bertz CT molecular complexity index is 249. The van der Waals surface area contributed by atoms with E-state index in [1.54, 1.807) is 0 Å². The van der Waals surface area contributed by atoms with Gasteiger partial charge in [-0.15, -0.1) is 0 Å². The topological polar surface area (TPSA) is 0 Å². The molecule has 0 saturated heterocycles. The Morgan fingerprint density at radius 1 is 1.33 bits per heavy atom. The van der Waals surface area contributed by atoms with Gasteiger partial charge in [0.1, 0.15) is 0 Å². The summed E-state index contributed by atoms with van der Waals surface area (Å²) in [4.78, 5) is 0. The van der Waals surface area contributed by atoms with Crippen molar-refractivity contribution in [2.24, 2.45) is 5.92 Å². The van der Waals surface area contributed by atoms with Crippen molar-refractivity contribution in [3.05, 3.63) is 48.6 Å². The lowest BCUT2D eigenvalue weighted by Crippen LogP contribution is -1.88. The largest absolute Gasteiger partial charge is 0.0988 e. The van der Waals surface area contributed by atoms with Crippen LogP contribution in [0, 0.1) is 5.92 Å². The van der Waals surface area contributed by atoms with Crippen molar-refractivity contribution in [2.75, 3.05) is 0 Å². The van der Waals surface area contributed by atoms with Crippen molar-refractivity contribution in [3.63, 3.8) is 0 Å². The van der Waals surface area contributed by atoms with E-state index in [0.717, 1.165) is 12.0 Å². The lowest BCUT2D eigenvalue weighted by Gasteiger charge is -2.03. The molecule has 0 N–H and O–H groups in total. The van der Waals surface area contributed by atoms with Gasteiger partial charge >= 0.3 is 0 Å². The summed E-state index contributed by atoms with van der Waals surface area (Å²) in [5, 5.41) is 0. The van der Waals surface area contributed by atoms with Gasteiger partial charge in [0.2, 0.25) is 0 Å². The molecule has 0 heteroatoms. The minimum Gasteiger partial charge on any atom is -0.0988 e. The molecule has 0 aliphatic rings. The minimum atomic E-state index is 0.651. The predicted molar refractivity (Wildman–Crippen MR) is 70.9 cm³/mol. The van der Waals surface area contributed by atoms with Crippen molar-refractivity contribution in [2.45, 2.75) is 40.0 Å². The molecule has 0 saturated carbocycles. The molecule has 0 fully saturated rings. The molecule has 1 atom stereocenters. The first-order valence-corrected chi connectivity index (χ1v) is 5.66. The highest BCUT2D eigenvalue weighted by molar-refractivity contribution is 5.14. The normalized spacial score (nSPS) is 12.5. The molecule has 0 nitrogen and oxygen atoms in total. The first-order valence-electron chi connectivity index (χ1n) is 5.66. The average Bonchev–Trinajstić information content (AvgIpc) is 2.17. The van der Waals surface area contributed by atoms with Gasteiger partial charge in [-0.3, -0.25) is 0 Å². The quantitative estimate of drug-likeness (QED) is 0.402. The summed E-state index contributed by atoms with van der Waals surface area (Å²) in [6.07, 6.45) is 11.9. The number of allylic oxidation sites excluding steroid dienone is 6. The van der Waals surface area contributed by atoms with Crippen molar-refractivity contribution in [1.82, 2.24) is 0 Å². The minimum absolute atomic E-state index is 0.651. The summed E-state index contributed by atoms with van der Waals surface area (Å²) >= 11 is 0. The summed E-state index contributed by atoms with van der Waals surface area (Å²) < 4.78 is 0. The van der Waals surface area contributed by atoms with Crippen LogP contribution in [0.25, 0.3) is 0 Å². The second-order valence-corrected chi connectivity index (χ2v) is 4.33. The number of hydrogen-bond donors (Lipinski definition) is 0. The molecule has 0 spiro atoms. The van der Waals surface area contributed by atoms with Crippen LogP contribution in [0.2, 0.25) is 0 Å². The second-order valence-electron chi connectivity index (χ2n) is 4.33. The van der Waals surface area contributed by atoms with Crippen molar-refractivity contribution in [3.8, 4) is 0 Å².